The van der Waals surface area contributed by atoms with Crippen molar-refractivity contribution in [2.45, 2.75) is 19.4 Å². The van der Waals surface area contributed by atoms with Crippen LogP contribution >= 0.6 is 0 Å². The van der Waals surface area contributed by atoms with Crippen LogP contribution in [0.5, 0.6) is 17.2 Å². The van der Waals surface area contributed by atoms with Crippen LogP contribution in [0.15, 0.2) is 36.4 Å². The number of methoxy groups -OCH3 is 2. The van der Waals surface area contributed by atoms with Crippen LogP contribution in [0.3, 0.4) is 0 Å². The molecule has 0 saturated heterocycles. The maximum atomic E-state index is 13.2. The summed E-state index contributed by atoms with van der Waals surface area (Å²) in [6, 6.07) is 10.2. The quantitative estimate of drug-likeness (QED) is 0.691. The van der Waals surface area contributed by atoms with Gasteiger partial charge < -0.3 is 24.4 Å². The van der Waals surface area contributed by atoms with Gasteiger partial charge in [0.2, 0.25) is 0 Å². The van der Waals surface area contributed by atoms with Gasteiger partial charge in [-0.2, -0.15) is 0 Å². The summed E-state index contributed by atoms with van der Waals surface area (Å²) in [5.74, 6) is -1.84. The van der Waals surface area contributed by atoms with Gasteiger partial charge in [-0.05, 0) is 54.9 Å². The van der Waals surface area contributed by atoms with E-state index in [9.17, 15) is 4.39 Å². The molecule has 1 aliphatic heterocycles. The molecule has 9 heteroatoms. The molecule has 2 N–H and O–H groups in total. The van der Waals surface area contributed by atoms with Gasteiger partial charge in [0.15, 0.2) is 11.5 Å². The van der Waals surface area contributed by atoms with Gasteiger partial charge in [0.05, 0.1) is 14.2 Å². The second-order valence-electron chi connectivity index (χ2n) is 6.72. The van der Waals surface area contributed by atoms with Crippen LogP contribution in [0, 0.1) is 5.82 Å². The van der Waals surface area contributed by atoms with E-state index < -0.39 is 11.9 Å². The lowest BCUT2D eigenvalue weighted by molar-refractivity contribution is -0.159. The molecular weight excluding hydrogens is 409 g/mol. The Kier molecular flexibility index (Phi) is 8.63. The van der Waals surface area contributed by atoms with E-state index >= 15 is 0 Å². The zero-order chi connectivity index (χ0) is 23.0. The topological polar surface area (TPSA) is 106 Å². The molecule has 1 unspecified atom stereocenters. The van der Waals surface area contributed by atoms with Crippen LogP contribution in [0.2, 0.25) is 0 Å². The van der Waals surface area contributed by atoms with E-state index in [1.54, 1.807) is 26.4 Å². The summed E-state index contributed by atoms with van der Waals surface area (Å²) in [7, 11) is 3.28. The van der Waals surface area contributed by atoms with Crippen molar-refractivity contribution < 1.29 is 38.4 Å². The molecular formula is C22H26FNO7. The Morgan fingerprint density at radius 3 is 2.16 bits per heavy atom. The van der Waals surface area contributed by atoms with Crippen molar-refractivity contribution in [2.24, 2.45) is 0 Å². The number of hydrogen-bond donors (Lipinski definition) is 2. The molecule has 2 aromatic carbocycles. The first-order valence-electron chi connectivity index (χ1n) is 9.64. The van der Waals surface area contributed by atoms with Crippen molar-refractivity contribution >= 4 is 11.9 Å². The number of aliphatic carboxylic acids is 2. The zero-order valence-electron chi connectivity index (χ0n) is 17.6. The monoisotopic (exact) mass is 435 g/mol. The molecule has 0 aliphatic carbocycles. The maximum Gasteiger partial charge on any atom is 0.414 e. The van der Waals surface area contributed by atoms with Crippen molar-refractivity contribution in [1.29, 1.82) is 0 Å². The number of ether oxygens (including phenoxy) is 3. The minimum Gasteiger partial charge on any atom is -0.493 e. The van der Waals surface area contributed by atoms with E-state index in [0.717, 1.165) is 37.4 Å². The van der Waals surface area contributed by atoms with Gasteiger partial charge in [-0.3, -0.25) is 4.90 Å². The first-order chi connectivity index (χ1) is 14.8. The van der Waals surface area contributed by atoms with Gasteiger partial charge in [0, 0.05) is 18.7 Å². The highest BCUT2D eigenvalue weighted by atomic mass is 19.1. The molecule has 0 aromatic heterocycles. The van der Waals surface area contributed by atoms with Crippen LogP contribution < -0.4 is 14.2 Å². The fraction of sp³-hybridized carbons (Fsp3) is 0.364. The second kappa shape index (κ2) is 11.2. The lowest BCUT2D eigenvalue weighted by Gasteiger charge is -2.25. The average molecular weight is 435 g/mol. The van der Waals surface area contributed by atoms with Crippen LogP contribution in [-0.4, -0.2) is 60.9 Å². The summed E-state index contributed by atoms with van der Waals surface area (Å²) < 4.78 is 30.3. The SMILES string of the molecule is CCN1CCc2cc(OC)c(OC)cc2C(Oc2ccc(F)cc2)C1.O=C(O)C(=O)O. The van der Waals surface area contributed by atoms with Crippen LogP contribution in [0.1, 0.15) is 24.2 Å². The van der Waals surface area contributed by atoms with Crippen molar-refractivity contribution in [3.63, 3.8) is 0 Å². The molecule has 31 heavy (non-hydrogen) atoms. The summed E-state index contributed by atoms with van der Waals surface area (Å²) in [5.41, 5.74) is 2.29. The number of rotatable bonds is 5. The van der Waals surface area contributed by atoms with Gasteiger partial charge >= 0.3 is 11.9 Å². The number of benzene rings is 2. The van der Waals surface area contributed by atoms with Gasteiger partial charge in [-0.1, -0.05) is 6.92 Å². The molecule has 0 amide bonds. The van der Waals surface area contributed by atoms with Crippen LogP contribution in [0.25, 0.3) is 0 Å². The lowest BCUT2D eigenvalue weighted by Crippen LogP contribution is -2.30. The Labute approximate surface area is 179 Å². The third-order valence-electron chi connectivity index (χ3n) is 4.84. The molecule has 8 nitrogen and oxygen atoms in total. The first-order valence-corrected chi connectivity index (χ1v) is 9.64. The molecule has 1 atom stereocenters. The summed E-state index contributed by atoms with van der Waals surface area (Å²) >= 11 is 0. The van der Waals surface area contributed by atoms with Gasteiger partial charge in [-0.25, -0.2) is 14.0 Å². The second-order valence-corrected chi connectivity index (χ2v) is 6.72. The maximum absolute atomic E-state index is 13.2. The molecule has 0 saturated carbocycles. The van der Waals surface area contributed by atoms with Gasteiger partial charge in [0.1, 0.15) is 17.7 Å². The number of halogens is 1. The molecule has 1 aliphatic rings. The van der Waals surface area contributed by atoms with Crippen LogP contribution in [0.4, 0.5) is 4.39 Å². The summed E-state index contributed by atoms with van der Waals surface area (Å²) in [4.78, 5) is 20.6. The van der Waals surface area contributed by atoms with E-state index in [0.29, 0.717) is 11.5 Å². The van der Waals surface area contributed by atoms with E-state index in [-0.39, 0.29) is 11.9 Å². The summed E-state index contributed by atoms with van der Waals surface area (Å²) in [6.07, 6.45) is 0.773. The number of carboxylic acid groups (broad SMARTS) is 2. The van der Waals surface area contributed by atoms with Crippen molar-refractivity contribution in [3.05, 3.63) is 53.3 Å². The predicted octanol–water partition coefficient (Wildman–Crippen LogP) is 3.00. The van der Waals surface area contributed by atoms with E-state index in [4.69, 9.17) is 34.0 Å². The van der Waals surface area contributed by atoms with E-state index in [1.165, 1.54) is 17.7 Å². The van der Waals surface area contributed by atoms with Crippen molar-refractivity contribution in [3.8, 4) is 17.2 Å². The number of carbonyl (C=O) groups is 2. The molecule has 3 rings (SSSR count). The van der Waals surface area contributed by atoms with Gasteiger partial charge in [0.25, 0.3) is 0 Å². The highest BCUT2D eigenvalue weighted by Gasteiger charge is 2.26. The lowest BCUT2D eigenvalue weighted by atomic mass is 10.00. The molecule has 168 valence electrons. The Hall–Kier alpha value is -3.33. The number of nitrogens with zero attached hydrogens (tertiary/aromatic N) is 1. The smallest absolute Gasteiger partial charge is 0.414 e. The zero-order valence-corrected chi connectivity index (χ0v) is 17.6. The number of hydrogen-bond acceptors (Lipinski definition) is 6. The highest BCUT2D eigenvalue weighted by molar-refractivity contribution is 6.27. The minimum absolute atomic E-state index is 0.150. The minimum atomic E-state index is -1.82. The van der Waals surface area contributed by atoms with Crippen molar-refractivity contribution in [2.75, 3.05) is 33.9 Å². The standard InChI is InChI=1S/C20H24FNO3.C2H2O4/c1-4-22-10-9-14-11-18(23-2)19(24-3)12-17(14)20(13-22)25-16-7-5-15(21)6-8-16;3-1(4)2(5)6/h5-8,11-12,20H,4,9-10,13H2,1-3H3;(H,3,4)(H,5,6). The predicted molar refractivity (Wildman–Crippen MR) is 110 cm³/mol. The summed E-state index contributed by atoms with van der Waals surface area (Å²) in [6.45, 7) is 4.83. The number of fused-ring (bicyclic) bond motifs is 1. The largest absolute Gasteiger partial charge is 0.493 e. The fourth-order valence-electron chi connectivity index (χ4n) is 3.22. The summed E-state index contributed by atoms with van der Waals surface area (Å²) in [5, 5.41) is 14.8. The van der Waals surface area contributed by atoms with E-state index in [1.807, 2.05) is 12.1 Å². The molecule has 0 radical (unpaired) electrons. The fourth-order valence-corrected chi connectivity index (χ4v) is 3.22. The number of likely N-dealkylation sites (N-methyl/N-ethyl adjacent to an activating group) is 1. The van der Waals surface area contributed by atoms with Crippen LogP contribution in [-0.2, 0) is 16.0 Å². The molecule has 0 bridgehead atoms. The van der Waals surface area contributed by atoms with Gasteiger partial charge in [-0.15, -0.1) is 0 Å². The average Bonchev–Trinajstić information content (AvgIpc) is 2.93. The Balaban J connectivity index is 0.000000501. The Morgan fingerprint density at radius 1 is 1.06 bits per heavy atom. The Bertz CT molecular complexity index is 889. The first kappa shape index (κ1) is 23.9. The molecule has 0 spiro atoms. The molecule has 2 aromatic rings. The van der Waals surface area contributed by atoms with Crippen molar-refractivity contribution in [1.82, 2.24) is 4.90 Å². The highest BCUT2D eigenvalue weighted by Crippen LogP contribution is 2.37. The Morgan fingerprint density at radius 2 is 1.65 bits per heavy atom. The third kappa shape index (κ3) is 6.58. The van der Waals surface area contributed by atoms with E-state index in [2.05, 4.69) is 11.8 Å². The molecule has 1 heterocycles. The number of carboxylic acids is 2. The normalized spacial score (nSPS) is 15.5. The molecule has 0 fully saturated rings. The third-order valence-corrected chi connectivity index (χ3v) is 4.84.